The van der Waals surface area contributed by atoms with E-state index in [1.807, 2.05) is 0 Å². The second kappa shape index (κ2) is 8.11. The molecule has 6 nitrogen and oxygen atoms in total. The molecule has 0 saturated carbocycles. The van der Waals surface area contributed by atoms with Gasteiger partial charge in [0.1, 0.15) is 11.3 Å². The highest BCUT2D eigenvalue weighted by molar-refractivity contribution is 7.99. The number of carbonyl (C=O) groups is 2. The van der Waals surface area contributed by atoms with Gasteiger partial charge in [-0.2, -0.15) is 8.78 Å². The van der Waals surface area contributed by atoms with Gasteiger partial charge in [0, 0.05) is 10.6 Å². The maximum absolute atomic E-state index is 12.3. The third-order valence-electron chi connectivity index (χ3n) is 3.24. The van der Waals surface area contributed by atoms with Crippen LogP contribution < -0.4 is 5.32 Å². The number of nitrogens with zero attached hydrogens (tertiary/aromatic N) is 1. The highest BCUT2D eigenvalue weighted by atomic mass is 32.2. The molecule has 1 aromatic heterocycles. The number of aryl methyl sites for hydroxylation is 2. The lowest BCUT2D eigenvalue weighted by Gasteiger charge is -2.13. The van der Waals surface area contributed by atoms with Crippen LogP contribution in [0.15, 0.2) is 33.7 Å². The molecule has 0 fully saturated rings. The fraction of sp³-hybridized carbons (Fsp3) is 0.312. The van der Waals surface area contributed by atoms with Crippen molar-refractivity contribution < 1.29 is 27.6 Å². The fourth-order valence-corrected chi connectivity index (χ4v) is 2.51. The fourth-order valence-electron chi connectivity index (χ4n) is 2.01. The van der Waals surface area contributed by atoms with Crippen molar-refractivity contribution in [1.82, 2.24) is 5.16 Å². The standard InChI is InChI=1S/C16H16F2N2O4S/c1-8-13(9(2)24-20-8)15(22)23-10(3)14(21)19-11-4-6-12(7-5-11)25-16(17)18/h4-7,10,16H,1-3H3,(H,19,21)/t10-/m0/s1. The lowest BCUT2D eigenvalue weighted by atomic mass is 10.2. The normalized spacial score (nSPS) is 12.1. The van der Waals surface area contributed by atoms with Crippen LogP contribution in [0.3, 0.4) is 0 Å². The molecule has 25 heavy (non-hydrogen) atoms. The van der Waals surface area contributed by atoms with Crippen LogP contribution in [0.1, 0.15) is 28.7 Å². The number of carbonyl (C=O) groups excluding carboxylic acids is 2. The summed E-state index contributed by atoms with van der Waals surface area (Å²) in [6.07, 6.45) is -1.06. The van der Waals surface area contributed by atoms with Gasteiger partial charge in [-0.15, -0.1) is 0 Å². The van der Waals surface area contributed by atoms with Crippen LogP contribution in [0.5, 0.6) is 0 Å². The number of hydrogen-bond acceptors (Lipinski definition) is 6. The summed E-state index contributed by atoms with van der Waals surface area (Å²) in [7, 11) is 0. The molecule has 0 saturated heterocycles. The van der Waals surface area contributed by atoms with E-state index in [0.717, 1.165) is 0 Å². The van der Waals surface area contributed by atoms with Gasteiger partial charge >= 0.3 is 5.97 Å². The molecule has 2 rings (SSSR count). The van der Waals surface area contributed by atoms with E-state index in [9.17, 15) is 18.4 Å². The first kappa shape index (κ1) is 18.9. The Morgan fingerprint density at radius 3 is 2.40 bits per heavy atom. The highest BCUT2D eigenvalue weighted by Crippen LogP contribution is 2.26. The molecular weight excluding hydrogens is 354 g/mol. The van der Waals surface area contributed by atoms with Crippen LogP contribution in [0.2, 0.25) is 0 Å². The molecule has 1 N–H and O–H groups in total. The van der Waals surface area contributed by atoms with Crippen molar-refractivity contribution in [3.63, 3.8) is 0 Å². The maximum Gasteiger partial charge on any atom is 0.344 e. The van der Waals surface area contributed by atoms with Crippen LogP contribution >= 0.6 is 11.8 Å². The van der Waals surface area contributed by atoms with Crippen molar-refractivity contribution in [3.8, 4) is 0 Å². The van der Waals surface area contributed by atoms with E-state index in [-0.39, 0.29) is 5.56 Å². The van der Waals surface area contributed by atoms with Gasteiger partial charge in [-0.1, -0.05) is 16.9 Å². The number of halogens is 2. The number of ether oxygens (including phenoxy) is 1. The molecule has 0 bridgehead atoms. The van der Waals surface area contributed by atoms with Crippen molar-refractivity contribution in [2.24, 2.45) is 0 Å². The molecule has 0 spiro atoms. The number of thioether (sulfide) groups is 1. The van der Waals surface area contributed by atoms with Crippen LogP contribution in [-0.4, -0.2) is 28.9 Å². The third-order valence-corrected chi connectivity index (χ3v) is 3.96. The van der Waals surface area contributed by atoms with Gasteiger partial charge in [-0.25, -0.2) is 4.79 Å². The summed E-state index contributed by atoms with van der Waals surface area (Å²) in [6.45, 7) is 4.59. The molecule has 1 amide bonds. The van der Waals surface area contributed by atoms with E-state index in [1.165, 1.54) is 31.2 Å². The summed E-state index contributed by atoms with van der Waals surface area (Å²) >= 11 is 0.412. The van der Waals surface area contributed by atoms with Crippen LogP contribution in [0.4, 0.5) is 14.5 Å². The SMILES string of the molecule is Cc1noc(C)c1C(=O)O[C@@H](C)C(=O)Nc1ccc(SC(F)F)cc1. The van der Waals surface area contributed by atoms with Crippen LogP contribution in [0, 0.1) is 13.8 Å². The number of amides is 1. The number of rotatable bonds is 6. The number of anilines is 1. The van der Waals surface area contributed by atoms with Crippen molar-refractivity contribution in [3.05, 3.63) is 41.3 Å². The Morgan fingerprint density at radius 1 is 1.24 bits per heavy atom. The van der Waals surface area contributed by atoms with Gasteiger partial charge in [-0.05, 0) is 45.0 Å². The van der Waals surface area contributed by atoms with E-state index in [4.69, 9.17) is 9.26 Å². The predicted octanol–water partition coefficient (Wildman–Crippen LogP) is 3.79. The van der Waals surface area contributed by atoms with E-state index in [0.29, 0.717) is 33.8 Å². The Labute approximate surface area is 146 Å². The number of nitrogens with one attached hydrogen (secondary N) is 1. The second-order valence-corrected chi connectivity index (χ2v) is 6.20. The van der Waals surface area contributed by atoms with E-state index >= 15 is 0 Å². The molecule has 9 heteroatoms. The molecule has 0 unspecified atom stereocenters. The molecule has 0 aliphatic carbocycles. The molecule has 134 valence electrons. The topological polar surface area (TPSA) is 81.4 Å². The Bertz CT molecular complexity index is 742. The highest BCUT2D eigenvalue weighted by Gasteiger charge is 2.24. The summed E-state index contributed by atoms with van der Waals surface area (Å²) in [5.41, 5.74) is 0.971. The van der Waals surface area contributed by atoms with Crippen molar-refractivity contribution in [1.29, 1.82) is 0 Å². The van der Waals surface area contributed by atoms with Crippen molar-refractivity contribution >= 4 is 29.3 Å². The van der Waals surface area contributed by atoms with Gasteiger partial charge in [0.2, 0.25) is 0 Å². The predicted molar refractivity (Wildman–Crippen MR) is 87.8 cm³/mol. The zero-order chi connectivity index (χ0) is 18.6. The first-order chi connectivity index (χ1) is 11.8. The molecule has 1 aromatic carbocycles. The summed E-state index contributed by atoms with van der Waals surface area (Å²) in [6, 6.07) is 5.91. The quantitative estimate of drug-likeness (QED) is 0.615. The number of hydrogen-bond donors (Lipinski definition) is 1. The minimum atomic E-state index is -2.51. The molecule has 1 heterocycles. The summed E-state index contributed by atoms with van der Waals surface area (Å²) < 4.78 is 34.5. The monoisotopic (exact) mass is 370 g/mol. The number of aromatic nitrogens is 1. The van der Waals surface area contributed by atoms with Gasteiger partial charge in [-0.3, -0.25) is 4.79 Å². The lowest BCUT2D eigenvalue weighted by Crippen LogP contribution is -2.30. The van der Waals surface area contributed by atoms with Gasteiger partial charge in [0.15, 0.2) is 6.10 Å². The number of esters is 1. The summed E-state index contributed by atoms with van der Waals surface area (Å²) in [4.78, 5) is 24.6. The molecule has 0 aliphatic rings. The zero-order valence-electron chi connectivity index (χ0n) is 13.7. The number of alkyl halides is 2. The van der Waals surface area contributed by atoms with E-state index in [1.54, 1.807) is 13.8 Å². The van der Waals surface area contributed by atoms with Gasteiger partial charge in [0.05, 0.1) is 5.69 Å². The van der Waals surface area contributed by atoms with E-state index < -0.39 is 23.7 Å². The average Bonchev–Trinajstić information content (AvgIpc) is 2.87. The van der Waals surface area contributed by atoms with Gasteiger partial charge in [0.25, 0.3) is 11.7 Å². The van der Waals surface area contributed by atoms with Crippen LogP contribution in [0.25, 0.3) is 0 Å². The summed E-state index contributed by atoms with van der Waals surface area (Å²) in [5.74, 6) is -3.46. The minimum absolute atomic E-state index is 0.188. The second-order valence-electron chi connectivity index (χ2n) is 5.14. The van der Waals surface area contributed by atoms with E-state index in [2.05, 4.69) is 10.5 Å². The minimum Gasteiger partial charge on any atom is -0.449 e. The Kier molecular flexibility index (Phi) is 6.13. The molecule has 0 radical (unpaired) electrons. The Balaban J connectivity index is 1.95. The van der Waals surface area contributed by atoms with Crippen molar-refractivity contribution in [2.75, 3.05) is 5.32 Å². The Morgan fingerprint density at radius 2 is 1.88 bits per heavy atom. The molecule has 2 aromatic rings. The third kappa shape index (κ3) is 5.02. The van der Waals surface area contributed by atoms with Gasteiger partial charge < -0.3 is 14.6 Å². The summed E-state index contributed by atoms with van der Waals surface area (Å²) in [5, 5.41) is 6.20. The average molecular weight is 370 g/mol. The zero-order valence-corrected chi connectivity index (χ0v) is 14.5. The molecule has 1 atom stereocenters. The Hall–Kier alpha value is -2.42. The van der Waals surface area contributed by atoms with Crippen LogP contribution in [-0.2, 0) is 9.53 Å². The van der Waals surface area contributed by atoms with Crippen molar-refractivity contribution in [2.45, 2.75) is 37.5 Å². The first-order valence-electron chi connectivity index (χ1n) is 7.27. The lowest BCUT2D eigenvalue weighted by molar-refractivity contribution is -0.123. The maximum atomic E-state index is 12.3. The largest absolute Gasteiger partial charge is 0.449 e. The number of benzene rings is 1. The first-order valence-corrected chi connectivity index (χ1v) is 8.15. The smallest absolute Gasteiger partial charge is 0.344 e. The molecular formula is C16H16F2N2O4S. The molecule has 0 aliphatic heterocycles.